The number of nitro benzene ring substituents is 1. The summed E-state index contributed by atoms with van der Waals surface area (Å²) >= 11 is 5.70. The van der Waals surface area contributed by atoms with E-state index < -0.39 is 20.6 Å². The zero-order valence-electron chi connectivity index (χ0n) is 10.7. The number of halogens is 1. The van der Waals surface area contributed by atoms with Gasteiger partial charge in [-0.25, -0.2) is 8.42 Å². The van der Waals surface area contributed by atoms with Crippen LogP contribution in [0.4, 0.5) is 5.69 Å². The molecule has 1 atom stereocenters. The number of hydrogen-bond donors (Lipinski definition) is 1. The maximum atomic E-state index is 12.5. The van der Waals surface area contributed by atoms with Crippen LogP contribution in [-0.4, -0.2) is 43.3 Å². The zero-order chi connectivity index (χ0) is 14.9. The average molecular weight is 320 g/mol. The molecular weight excluding hydrogens is 306 g/mol. The quantitative estimate of drug-likeness (QED) is 0.668. The first-order valence-electron chi connectivity index (χ1n) is 6.00. The van der Waals surface area contributed by atoms with Gasteiger partial charge in [-0.1, -0.05) is 11.6 Å². The molecule has 20 heavy (non-hydrogen) atoms. The first-order valence-corrected chi connectivity index (χ1v) is 7.81. The van der Waals surface area contributed by atoms with E-state index in [0.29, 0.717) is 6.54 Å². The Morgan fingerprint density at radius 2 is 2.20 bits per heavy atom. The maximum absolute atomic E-state index is 12.5. The summed E-state index contributed by atoms with van der Waals surface area (Å²) in [5, 5.41) is 14.3. The molecule has 1 aliphatic rings. The van der Waals surface area contributed by atoms with Gasteiger partial charge in [0, 0.05) is 36.8 Å². The predicted molar refractivity (Wildman–Crippen MR) is 74.3 cm³/mol. The van der Waals surface area contributed by atoms with E-state index in [4.69, 9.17) is 11.6 Å². The van der Waals surface area contributed by atoms with Crippen LogP contribution in [0.2, 0.25) is 5.02 Å². The molecule has 0 aromatic heterocycles. The first-order chi connectivity index (χ1) is 9.32. The summed E-state index contributed by atoms with van der Waals surface area (Å²) in [6.07, 6.45) is 0. The number of hydrogen-bond acceptors (Lipinski definition) is 5. The summed E-state index contributed by atoms with van der Waals surface area (Å²) in [6.45, 7) is 2.94. The molecule has 0 bridgehead atoms. The fraction of sp³-hybridized carbons (Fsp3) is 0.455. The third-order valence-corrected chi connectivity index (χ3v) is 5.21. The van der Waals surface area contributed by atoms with Crippen molar-refractivity contribution < 1.29 is 13.3 Å². The molecule has 1 aromatic carbocycles. The number of rotatable bonds is 3. The molecule has 0 radical (unpaired) electrons. The Bertz CT molecular complexity index is 635. The molecule has 1 heterocycles. The number of benzene rings is 1. The highest BCUT2D eigenvalue weighted by atomic mass is 35.5. The van der Waals surface area contributed by atoms with E-state index in [2.05, 4.69) is 5.32 Å². The summed E-state index contributed by atoms with van der Waals surface area (Å²) in [5.74, 6) is 0. The second kappa shape index (κ2) is 5.65. The standard InChI is InChI=1S/C11H14ClN3O4S/c1-8-7-14(5-4-13-8)20(18,19)11-3-2-9(12)6-10(11)15(16)17/h2-3,6,8,13H,4-5,7H2,1H3/t8-/m1/s1. The second-order valence-electron chi connectivity index (χ2n) is 4.59. The smallest absolute Gasteiger partial charge is 0.290 e. The van der Waals surface area contributed by atoms with Crippen molar-refractivity contribution in [3.8, 4) is 0 Å². The van der Waals surface area contributed by atoms with Gasteiger partial charge in [-0.2, -0.15) is 4.31 Å². The van der Waals surface area contributed by atoms with E-state index in [1.165, 1.54) is 16.4 Å². The van der Waals surface area contributed by atoms with E-state index in [1.807, 2.05) is 6.92 Å². The minimum Gasteiger partial charge on any atom is -0.312 e. The van der Waals surface area contributed by atoms with Gasteiger partial charge in [0.15, 0.2) is 4.90 Å². The van der Waals surface area contributed by atoms with Crippen molar-refractivity contribution in [1.82, 2.24) is 9.62 Å². The van der Waals surface area contributed by atoms with Crippen LogP contribution in [0.15, 0.2) is 23.1 Å². The molecule has 1 N–H and O–H groups in total. The van der Waals surface area contributed by atoms with Crippen molar-refractivity contribution >= 4 is 27.3 Å². The Morgan fingerprint density at radius 1 is 1.50 bits per heavy atom. The lowest BCUT2D eigenvalue weighted by Crippen LogP contribution is -2.51. The molecule has 9 heteroatoms. The Hall–Kier alpha value is -1.22. The van der Waals surface area contributed by atoms with E-state index >= 15 is 0 Å². The highest BCUT2D eigenvalue weighted by molar-refractivity contribution is 7.89. The summed E-state index contributed by atoms with van der Waals surface area (Å²) in [5.41, 5.74) is -0.497. The van der Waals surface area contributed by atoms with Gasteiger partial charge in [-0.05, 0) is 19.1 Å². The van der Waals surface area contributed by atoms with Crippen LogP contribution in [0.1, 0.15) is 6.92 Å². The molecule has 0 aliphatic carbocycles. The summed E-state index contributed by atoms with van der Waals surface area (Å²) in [7, 11) is -3.89. The van der Waals surface area contributed by atoms with Crippen molar-refractivity contribution in [2.45, 2.75) is 17.9 Å². The Morgan fingerprint density at radius 3 is 2.80 bits per heavy atom. The second-order valence-corrected chi connectivity index (χ2v) is 6.93. The van der Waals surface area contributed by atoms with Gasteiger partial charge in [0.25, 0.3) is 5.69 Å². The molecule has 7 nitrogen and oxygen atoms in total. The van der Waals surface area contributed by atoms with E-state index in [1.54, 1.807) is 0 Å². The van der Waals surface area contributed by atoms with Crippen LogP contribution in [0.3, 0.4) is 0 Å². The lowest BCUT2D eigenvalue weighted by molar-refractivity contribution is -0.387. The topological polar surface area (TPSA) is 92.5 Å². The van der Waals surface area contributed by atoms with E-state index in [0.717, 1.165) is 6.07 Å². The lowest BCUT2D eigenvalue weighted by atomic mass is 10.3. The monoisotopic (exact) mass is 319 g/mol. The molecule has 1 fully saturated rings. The van der Waals surface area contributed by atoms with Crippen LogP contribution in [0, 0.1) is 10.1 Å². The summed E-state index contributed by atoms with van der Waals surface area (Å²) in [4.78, 5) is 9.97. The number of nitrogens with zero attached hydrogens (tertiary/aromatic N) is 2. The van der Waals surface area contributed by atoms with E-state index in [-0.39, 0.29) is 29.0 Å². The average Bonchev–Trinajstić information content (AvgIpc) is 2.38. The van der Waals surface area contributed by atoms with Crippen LogP contribution in [-0.2, 0) is 10.0 Å². The third-order valence-electron chi connectivity index (χ3n) is 3.07. The zero-order valence-corrected chi connectivity index (χ0v) is 12.3. The third kappa shape index (κ3) is 2.93. The Balaban J connectivity index is 2.46. The molecule has 0 amide bonds. The fourth-order valence-electron chi connectivity index (χ4n) is 2.11. The van der Waals surface area contributed by atoms with Gasteiger partial charge in [0.2, 0.25) is 10.0 Å². The molecule has 0 unspecified atom stereocenters. The van der Waals surface area contributed by atoms with Gasteiger partial charge < -0.3 is 5.32 Å². The predicted octanol–water partition coefficient (Wildman–Crippen LogP) is 1.23. The van der Waals surface area contributed by atoms with Crippen LogP contribution < -0.4 is 5.32 Å². The van der Waals surface area contributed by atoms with Crippen molar-refractivity contribution in [2.24, 2.45) is 0 Å². The van der Waals surface area contributed by atoms with Gasteiger partial charge >= 0.3 is 0 Å². The van der Waals surface area contributed by atoms with Crippen molar-refractivity contribution in [3.05, 3.63) is 33.3 Å². The summed E-state index contributed by atoms with van der Waals surface area (Å²) < 4.78 is 26.3. The van der Waals surface area contributed by atoms with Gasteiger partial charge in [-0.3, -0.25) is 10.1 Å². The van der Waals surface area contributed by atoms with Crippen molar-refractivity contribution in [3.63, 3.8) is 0 Å². The molecule has 0 saturated carbocycles. The molecule has 1 aliphatic heterocycles. The number of sulfonamides is 1. The molecule has 1 saturated heterocycles. The SMILES string of the molecule is C[C@@H]1CN(S(=O)(=O)c2ccc(Cl)cc2[N+](=O)[O-])CCN1. The Kier molecular flexibility index (Phi) is 4.28. The maximum Gasteiger partial charge on any atom is 0.290 e. The first kappa shape index (κ1) is 15.2. The van der Waals surface area contributed by atoms with Gasteiger partial charge in [-0.15, -0.1) is 0 Å². The van der Waals surface area contributed by atoms with E-state index in [9.17, 15) is 18.5 Å². The van der Waals surface area contributed by atoms with Crippen LogP contribution in [0.25, 0.3) is 0 Å². The number of piperazine rings is 1. The minimum absolute atomic E-state index is 0.00452. The van der Waals surface area contributed by atoms with Gasteiger partial charge in [0.05, 0.1) is 4.92 Å². The number of nitro groups is 1. The van der Waals surface area contributed by atoms with Crippen LogP contribution >= 0.6 is 11.6 Å². The Labute approximate surface area is 121 Å². The fourth-order valence-corrected chi connectivity index (χ4v) is 3.94. The minimum atomic E-state index is -3.89. The number of nitrogens with one attached hydrogen (secondary N) is 1. The molecule has 1 aromatic rings. The van der Waals surface area contributed by atoms with Crippen molar-refractivity contribution in [2.75, 3.05) is 19.6 Å². The summed E-state index contributed by atoms with van der Waals surface area (Å²) in [6, 6.07) is 3.58. The largest absolute Gasteiger partial charge is 0.312 e. The molecular formula is C11H14ClN3O4S. The molecule has 110 valence electrons. The van der Waals surface area contributed by atoms with Gasteiger partial charge in [0.1, 0.15) is 0 Å². The highest BCUT2D eigenvalue weighted by Crippen LogP contribution is 2.29. The normalized spacial score (nSPS) is 20.8. The highest BCUT2D eigenvalue weighted by Gasteiger charge is 2.33. The van der Waals surface area contributed by atoms with Crippen LogP contribution in [0.5, 0.6) is 0 Å². The molecule has 2 rings (SSSR count). The lowest BCUT2D eigenvalue weighted by Gasteiger charge is -2.30. The molecule has 0 spiro atoms. The van der Waals surface area contributed by atoms with Crippen molar-refractivity contribution in [1.29, 1.82) is 0 Å².